The third kappa shape index (κ3) is 4.50. The van der Waals surface area contributed by atoms with Gasteiger partial charge in [0.1, 0.15) is 17.9 Å². The molecule has 0 saturated carbocycles. The van der Waals surface area contributed by atoms with Gasteiger partial charge in [0, 0.05) is 13.6 Å². The number of methoxy groups -OCH3 is 1. The van der Waals surface area contributed by atoms with Crippen LogP contribution in [0.1, 0.15) is 0 Å². The second-order valence-electron chi connectivity index (χ2n) is 5.25. The van der Waals surface area contributed by atoms with Crippen molar-refractivity contribution in [2.75, 3.05) is 30.8 Å². The summed E-state index contributed by atoms with van der Waals surface area (Å²) in [5.41, 5.74) is 7.47. The molecule has 1 aromatic carbocycles. The van der Waals surface area contributed by atoms with E-state index < -0.39 is 0 Å². The minimum Gasteiger partial charge on any atom is -0.495 e. The SMILES string of the molecule is COc1ccccc1NC(N)=NCCNc1ncnc2c1cnn2C.I. The van der Waals surface area contributed by atoms with Crippen LogP contribution in [0.5, 0.6) is 5.75 Å². The molecule has 3 aromatic rings. The van der Waals surface area contributed by atoms with Gasteiger partial charge < -0.3 is 21.1 Å². The molecule has 0 amide bonds. The van der Waals surface area contributed by atoms with Crippen molar-refractivity contribution in [2.24, 2.45) is 17.8 Å². The van der Waals surface area contributed by atoms with Crippen molar-refractivity contribution in [3.63, 3.8) is 0 Å². The van der Waals surface area contributed by atoms with Gasteiger partial charge in [-0.2, -0.15) is 5.10 Å². The average molecular weight is 468 g/mol. The first-order chi connectivity index (χ1) is 12.2. The van der Waals surface area contributed by atoms with E-state index in [1.165, 1.54) is 6.33 Å². The van der Waals surface area contributed by atoms with E-state index in [-0.39, 0.29) is 24.0 Å². The molecular weight excluding hydrogens is 447 g/mol. The average Bonchev–Trinajstić information content (AvgIpc) is 3.01. The zero-order valence-electron chi connectivity index (χ0n) is 14.5. The Morgan fingerprint density at radius 3 is 2.92 bits per heavy atom. The fourth-order valence-electron chi connectivity index (χ4n) is 2.38. The number of guanidine groups is 1. The highest BCUT2D eigenvalue weighted by Crippen LogP contribution is 2.22. The van der Waals surface area contributed by atoms with Gasteiger partial charge in [-0.3, -0.25) is 9.67 Å². The zero-order chi connectivity index (χ0) is 17.6. The maximum Gasteiger partial charge on any atom is 0.193 e. The Bertz CT molecular complexity index is 895. The molecule has 9 nitrogen and oxygen atoms in total. The Kier molecular flexibility index (Phi) is 6.95. The number of para-hydroxylation sites is 2. The number of nitrogens with zero attached hydrogens (tertiary/aromatic N) is 5. The molecule has 0 saturated heterocycles. The zero-order valence-corrected chi connectivity index (χ0v) is 16.8. The Morgan fingerprint density at radius 1 is 1.31 bits per heavy atom. The van der Waals surface area contributed by atoms with E-state index in [2.05, 4.69) is 30.7 Å². The molecule has 26 heavy (non-hydrogen) atoms. The summed E-state index contributed by atoms with van der Waals surface area (Å²) >= 11 is 0. The number of rotatable bonds is 6. The second kappa shape index (κ2) is 9.17. The number of aromatic nitrogens is 4. The molecule has 10 heteroatoms. The number of nitrogens with two attached hydrogens (primary N) is 1. The minimum atomic E-state index is 0. The summed E-state index contributed by atoms with van der Waals surface area (Å²) in [4.78, 5) is 12.7. The highest BCUT2D eigenvalue weighted by molar-refractivity contribution is 14.0. The monoisotopic (exact) mass is 468 g/mol. The quantitative estimate of drug-likeness (QED) is 0.219. The van der Waals surface area contributed by atoms with E-state index in [0.29, 0.717) is 24.8 Å². The summed E-state index contributed by atoms with van der Waals surface area (Å²) in [7, 11) is 3.45. The van der Waals surface area contributed by atoms with Gasteiger partial charge in [0.15, 0.2) is 11.6 Å². The number of halogens is 1. The Balaban J connectivity index is 0.00000243. The summed E-state index contributed by atoms with van der Waals surface area (Å²) in [6.07, 6.45) is 3.24. The second-order valence-corrected chi connectivity index (χ2v) is 5.25. The van der Waals surface area contributed by atoms with Gasteiger partial charge in [-0.1, -0.05) is 12.1 Å². The number of nitrogens with one attached hydrogen (secondary N) is 2. The topological polar surface area (TPSA) is 115 Å². The molecule has 0 aliphatic carbocycles. The van der Waals surface area contributed by atoms with Crippen LogP contribution >= 0.6 is 24.0 Å². The first kappa shape index (κ1) is 19.7. The summed E-state index contributed by atoms with van der Waals surface area (Å²) in [6.45, 7) is 1.06. The molecule has 4 N–H and O–H groups in total. The Labute approximate surface area is 168 Å². The van der Waals surface area contributed by atoms with Crippen LogP contribution in [0.4, 0.5) is 11.5 Å². The van der Waals surface area contributed by atoms with Crippen molar-refractivity contribution >= 4 is 52.5 Å². The van der Waals surface area contributed by atoms with Crippen LogP contribution in [0.15, 0.2) is 41.8 Å². The third-order valence-corrected chi connectivity index (χ3v) is 3.59. The van der Waals surface area contributed by atoms with Crippen LogP contribution in [0, 0.1) is 0 Å². The molecule has 2 heterocycles. The number of hydrogen-bond acceptors (Lipinski definition) is 6. The number of aliphatic imine (C=N–C) groups is 1. The lowest BCUT2D eigenvalue weighted by Crippen LogP contribution is -2.24. The van der Waals surface area contributed by atoms with Crippen LogP contribution in [0.2, 0.25) is 0 Å². The fourth-order valence-corrected chi connectivity index (χ4v) is 2.38. The van der Waals surface area contributed by atoms with Crippen LogP contribution in [-0.2, 0) is 7.05 Å². The van der Waals surface area contributed by atoms with Crippen LogP contribution in [-0.4, -0.2) is 45.9 Å². The van der Waals surface area contributed by atoms with Crippen molar-refractivity contribution in [3.05, 3.63) is 36.8 Å². The smallest absolute Gasteiger partial charge is 0.193 e. The Morgan fingerprint density at radius 2 is 2.12 bits per heavy atom. The lowest BCUT2D eigenvalue weighted by Gasteiger charge is -2.10. The predicted octanol–water partition coefficient (Wildman–Crippen LogP) is 1.83. The summed E-state index contributed by atoms with van der Waals surface area (Å²) < 4.78 is 6.97. The van der Waals surface area contributed by atoms with Gasteiger partial charge >= 0.3 is 0 Å². The molecule has 2 aromatic heterocycles. The minimum absolute atomic E-state index is 0. The number of benzene rings is 1. The standard InChI is InChI=1S/C16H20N8O.HI/c1-24-15-11(9-22-24)14(20-10-21-15)18-7-8-19-16(17)23-12-5-3-4-6-13(12)25-2;/h3-6,9-10H,7-8H2,1-2H3,(H3,17,19,23)(H,18,20,21);1H. The molecule has 3 rings (SSSR count). The summed E-state index contributed by atoms with van der Waals surface area (Å²) in [5.74, 6) is 1.75. The largest absolute Gasteiger partial charge is 0.495 e. The number of fused-ring (bicyclic) bond motifs is 1. The van der Waals surface area contributed by atoms with Gasteiger partial charge in [0.05, 0.1) is 30.9 Å². The van der Waals surface area contributed by atoms with Gasteiger partial charge in [-0.15, -0.1) is 24.0 Å². The fraction of sp³-hybridized carbons (Fsp3) is 0.250. The van der Waals surface area contributed by atoms with Gasteiger partial charge in [-0.25, -0.2) is 9.97 Å². The summed E-state index contributed by atoms with van der Waals surface area (Å²) in [6, 6.07) is 7.51. The molecule has 0 atom stereocenters. The highest BCUT2D eigenvalue weighted by atomic mass is 127. The van der Waals surface area contributed by atoms with E-state index >= 15 is 0 Å². The molecule has 0 fully saturated rings. The van der Waals surface area contributed by atoms with Crippen molar-refractivity contribution in [3.8, 4) is 5.75 Å². The lowest BCUT2D eigenvalue weighted by atomic mass is 10.3. The van der Waals surface area contributed by atoms with Gasteiger partial charge in [-0.05, 0) is 12.1 Å². The molecule has 0 unspecified atom stereocenters. The van der Waals surface area contributed by atoms with E-state index in [1.54, 1.807) is 18.0 Å². The molecular formula is C16H21IN8O. The van der Waals surface area contributed by atoms with Crippen LogP contribution in [0.25, 0.3) is 11.0 Å². The first-order valence-electron chi connectivity index (χ1n) is 7.75. The van der Waals surface area contributed by atoms with Crippen molar-refractivity contribution < 1.29 is 4.74 Å². The van der Waals surface area contributed by atoms with E-state index in [0.717, 1.165) is 22.5 Å². The van der Waals surface area contributed by atoms with Crippen molar-refractivity contribution in [2.45, 2.75) is 0 Å². The lowest BCUT2D eigenvalue weighted by molar-refractivity contribution is 0.417. The third-order valence-electron chi connectivity index (χ3n) is 3.59. The van der Waals surface area contributed by atoms with Crippen LogP contribution < -0.4 is 21.1 Å². The first-order valence-corrected chi connectivity index (χ1v) is 7.75. The molecule has 0 aliphatic rings. The number of aryl methyl sites for hydroxylation is 1. The number of hydrogen-bond donors (Lipinski definition) is 3. The van der Waals surface area contributed by atoms with E-state index in [4.69, 9.17) is 10.5 Å². The number of anilines is 2. The summed E-state index contributed by atoms with van der Waals surface area (Å²) in [5, 5.41) is 11.3. The van der Waals surface area contributed by atoms with E-state index in [9.17, 15) is 0 Å². The Hall–Kier alpha value is -2.63. The molecule has 0 bridgehead atoms. The molecule has 138 valence electrons. The van der Waals surface area contributed by atoms with Gasteiger partial charge in [0.25, 0.3) is 0 Å². The predicted molar refractivity (Wildman–Crippen MR) is 113 cm³/mol. The molecule has 0 radical (unpaired) electrons. The maximum absolute atomic E-state index is 5.92. The van der Waals surface area contributed by atoms with Crippen molar-refractivity contribution in [1.29, 1.82) is 0 Å². The molecule has 0 spiro atoms. The van der Waals surface area contributed by atoms with Crippen molar-refractivity contribution in [1.82, 2.24) is 19.7 Å². The van der Waals surface area contributed by atoms with Crippen LogP contribution in [0.3, 0.4) is 0 Å². The van der Waals surface area contributed by atoms with E-state index in [1.807, 2.05) is 31.3 Å². The molecule has 0 aliphatic heterocycles. The number of ether oxygens (including phenoxy) is 1. The normalized spacial score (nSPS) is 11.1. The van der Waals surface area contributed by atoms with Gasteiger partial charge in [0.2, 0.25) is 0 Å². The highest BCUT2D eigenvalue weighted by Gasteiger charge is 2.07. The maximum atomic E-state index is 5.92.